The van der Waals surface area contributed by atoms with Crippen LogP contribution in [0.1, 0.15) is 41.2 Å². The summed E-state index contributed by atoms with van der Waals surface area (Å²) < 4.78 is 0. The van der Waals surface area contributed by atoms with Crippen molar-refractivity contribution in [1.29, 1.82) is 0 Å². The van der Waals surface area contributed by atoms with E-state index in [2.05, 4.69) is 34.0 Å². The molecule has 20 heavy (non-hydrogen) atoms. The average Bonchev–Trinajstić information content (AvgIpc) is 3.04. The molecule has 1 unspecified atom stereocenters. The maximum atomic E-state index is 11.9. The van der Waals surface area contributed by atoms with E-state index in [1.165, 1.54) is 6.33 Å². The van der Waals surface area contributed by atoms with Crippen molar-refractivity contribution in [3.63, 3.8) is 0 Å². The largest absolute Gasteiger partial charge is 0.477 e. The number of aromatic nitrogens is 2. The molecule has 0 bridgehead atoms. The number of carboxylic acid groups (broad SMARTS) is 1. The molecular weight excluding hydrogens is 260 g/mol. The van der Waals surface area contributed by atoms with Gasteiger partial charge in [0.2, 0.25) is 0 Å². The number of carboxylic acids is 1. The van der Waals surface area contributed by atoms with Gasteiger partial charge in [0.25, 0.3) is 5.91 Å². The van der Waals surface area contributed by atoms with Gasteiger partial charge in [0.05, 0.1) is 6.33 Å². The Bertz CT molecular complexity index is 498. The molecule has 0 radical (unpaired) electrons. The fraction of sp³-hybridized carbons (Fsp3) is 0.615. The van der Waals surface area contributed by atoms with Crippen molar-refractivity contribution >= 4 is 11.9 Å². The van der Waals surface area contributed by atoms with Crippen molar-refractivity contribution in [1.82, 2.24) is 20.2 Å². The average molecular weight is 280 g/mol. The third-order valence-electron chi connectivity index (χ3n) is 3.67. The minimum absolute atomic E-state index is 0.0591. The third kappa shape index (κ3) is 3.16. The minimum Gasteiger partial charge on any atom is -0.477 e. The highest BCUT2D eigenvalue weighted by atomic mass is 16.4. The Balaban J connectivity index is 1.87. The lowest BCUT2D eigenvalue weighted by atomic mass is 10.1. The van der Waals surface area contributed by atoms with Crippen molar-refractivity contribution in [2.45, 2.75) is 26.3 Å². The molecule has 1 aliphatic rings. The zero-order valence-corrected chi connectivity index (χ0v) is 11.7. The van der Waals surface area contributed by atoms with Crippen LogP contribution in [0.5, 0.6) is 0 Å². The maximum absolute atomic E-state index is 11.9. The molecule has 0 aromatic carbocycles. The fourth-order valence-corrected chi connectivity index (χ4v) is 2.45. The van der Waals surface area contributed by atoms with Crippen LogP contribution in [0, 0.1) is 5.92 Å². The van der Waals surface area contributed by atoms with Gasteiger partial charge in [-0.2, -0.15) is 0 Å². The van der Waals surface area contributed by atoms with Crippen LogP contribution < -0.4 is 5.32 Å². The molecule has 0 spiro atoms. The van der Waals surface area contributed by atoms with Gasteiger partial charge >= 0.3 is 5.97 Å². The SMILES string of the molecule is CC(C)N1CCC(CNC(=O)c2nc[nH]c2C(=O)O)C1. The quantitative estimate of drug-likeness (QED) is 0.732. The molecule has 2 rings (SSSR count). The zero-order chi connectivity index (χ0) is 14.7. The lowest BCUT2D eigenvalue weighted by Crippen LogP contribution is -2.33. The topological polar surface area (TPSA) is 98.3 Å². The van der Waals surface area contributed by atoms with Crippen LogP contribution >= 0.6 is 0 Å². The smallest absolute Gasteiger partial charge is 0.354 e. The lowest BCUT2D eigenvalue weighted by Gasteiger charge is -2.20. The summed E-state index contributed by atoms with van der Waals surface area (Å²) in [4.78, 5) is 31.4. The Morgan fingerprint density at radius 3 is 2.95 bits per heavy atom. The summed E-state index contributed by atoms with van der Waals surface area (Å²) in [6.07, 6.45) is 2.26. The van der Waals surface area contributed by atoms with Crippen molar-refractivity contribution < 1.29 is 14.7 Å². The van der Waals surface area contributed by atoms with E-state index in [9.17, 15) is 9.59 Å². The highest BCUT2D eigenvalue weighted by Gasteiger charge is 2.25. The molecule has 110 valence electrons. The molecule has 1 saturated heterocycles. The normalized spacial score (nSPS) is 19.4. The van der Waals surface area contributed by atoms with Crippen LogP contribution in [-0.2, 0) is 0 Å². The second kappa shape index (κ2) is 6.04. The maximum Gasteiger partial charge on any atom is 0.354 e. The van der Waals surface area contributed by atoms with Crippen LogP contribution in [0.25, 0.3) is 0 Å². The first-order valence-electron chi connectivity index (χ1n) is 6.78. The first-order valence-corrected chi connectivity index (χ1v) is 6.78. The number of likely N-dealkylation sites (tertiary alicyclic amines) is 1. The molecule has 1 aliphatic heterocycles. The number of aromatic amines is 1. The van der Waals surface area contributed by atoms with Gasteiger partial charge in [-0.25, -0.2) is 9.78 Å². The van der Waals surface area contributed by atoms with Gasteiger partial charge in [-0.3, -0.25) is 4.79 Å². The van der Waals surface area contributed by atoms with E-state index in [0.717, 1.165) is 19.5 Å². The van der Waals surface area contributed by atoms with Crippen LogP contribution in [0.15, 0.2) is 6.33 Å². The van der Waals surface area contributed by atoms with Gasteiger partial charge in [0, 0.05) is 19.1 Å². The molecule has 1 amide bonds. The van der Waals surface area contributed by atoms with E-state index in [1.807, 2.05) is 0 Å². The van der Waals surface area contributed by atoms with Gasteiger partial charge in [-0.05, 0) is 32.7 Å². The molecule has 7 heteroatoms. The van der Waals surface area contributed by atoms with E-state index in [0.29, 0.717) is 18.5 Å². The number of aromatic carboxylic acids is 1. The second-order valence-corrected chi connectivity index (χ2v) is 5.38. The number of imidazole rings is 1. The molecule has 1 atom stereocenters. The number of carbonyl (C=O) groups excluding carboxylic acids is 1. The number of amides is 1. The first-order chi connectivity index (χ1) is 9.49. The van der Waals surface area contributed by atoms with Gasteiger partial charge < -0.3 is 20.3 Å². The van der Waals surface area contributed by atoms with E-state index in [1.54, 1.807) is 0 Å². The summed E-state index contributed by atoms with van der Waals surface area (Å²) >= 11 is 0. The van der Waals surface area contributed by atoms with Crippen molar-refractivity contribution in [2.24, 2.45) is 5.92 Å². The second-order valence-electron chi connectivity index (χ2n) is 5.38. The fourth-order valence-electron chi connectivity index (χ4n) is 2.45. The van der Waals surface area contributed by atoms with Crippen molar-refractivity contribution in [3.05, 3.63) is 17.7 Å². The summed E-state index contributed by atoms with van der Waals surface area (Å²) in [6, 6.07) is 0.514. The standard InChI is InChI=1S/C13H20N4O3/c1-8(2)17-4-3-9(6-17)5-14-12(18)10-11(13(19)20)16-7-15-10/h7-9H,3-6H2,1-2H3,(H,14,18)(H,15,16)(H,19,20). The van der Waals surface area contributed by atoms with Gasteiger partial charge in [0.15, 0.2) is 11.4 Å². The molecule has 3 N–H and O–H groups in total. The highest BCUT2D eigenvalue weighted by Crippen LogP contribution is 2.17. The highest BCUT2D eigenvalue weighted by molar-refractivity contribution is 6.02. The molecule has 1 aromatic rings. The predicted octanol–water partition coefficient (Wildman–Crippen LogP) is 0.568. The number of carbonyl (C=O) groups is 2. The summed E-state index contributed by atoms with van der Waals surface area (Å²) in [5.41, 5.74) is -0.228. The number of nitrogens with zero attached hydrogens (tertiary/aromatic N) is 2. The lowest BCUT2D eigenvalue weighted by molar-refractivity contribution is 0.0685. The molecule has 0 saturated carbocycles. The van der Waals surface area contributed by atoms with Crippen LogP contribution in [-0.4, -0.2) is 57.5 Å². The number of nitrogens with one attached hydrogen (secondary N) is 2. The molecule has 7 nitrogen and oxygen atoms in total. The summed E-state index contributed by atoms with van der Waals surface area (Å²) in [5, 5.41) is 11.7. The van der Waals surface area contributed by atoms with E-state index < -0.39 is 11.9 Å². The van der Waals surface area contributed by atoms with Crippen molar-refractivity contribution in [2.75, 3.05) is 19.6 Å². The van der Waals surface area contributed by atoms with Crippen molar-refractivity contribution in [3.8, 4) is 0 Å². The molecule has 2 heterocycles. The summed E-state index contributed by atoms with van der Waals surface area (Å²) in [5.74, 6) is -1.21. The Morgan fingerprint density at radius 2 is 2.35 bits per heavy atom. The van der Waals surface area contributed by atoms with E-state index >= 15 is 0 Å². The van der Waals surface area contributed by atoms with Crippen LogP contribution in [0.2, 0.25) is 0 Å². The van der Waals surface area contributed by atoms with Crippen LogP contribution in [0.3, 0.4) is 0 Å². The molecular formula is C13H20N4O3. The van der Waals surface area contributed by atoms with Crippen LogP contribution in [0.4, 0.5) is 0 Å². The van der Waals surface area contributed by atoms with E-state index in [-0.39, 0.29) is 11.4 Å². The number of hydrogen-bond donors (Lipinski definition) is 3. The van der Waals surface area contributed by atoms with Gasteiger partial charge in [0.1, 0.15) is 0 Å². The number of hydrogen-bond acceptors (Lipinski definition) is 4. The van der Waals surface area contributed by atoms with E-state index in [4.69, 9.17) is 5.11 Å². The first kappa shape index (κ1) is 14.5. The number of rotatable bonds is 5. The Kier molecular flexibility index (Phi) is 4.39. The van der Waals surface area contributed by atoms with Gasteiger partial charge in [-0.15, -0.1) is 0 Å². The summed E-state index contributed by atoms with van der Waals surface area (Å²) in [6.45, 7) is 6.87. The Labute approximate surface area is 117 Å². The molecule has 1 fully saturated rings. The minimum atomic E-state index is -1.18. The molecule has 0 aliphatic carbocycles. The zero-order valence-electron chi connectivity index (χ0n) is 11.7. The predicted molar refractivity (Wildman–Crippen MR) is 72.7 cm³/mol. The third-order valence-corrected chi connectivity index (χ3v) is 3.67. The Hall–Kier alpha value is -1.89. The Morgan fingerprint density at radius 1 is 1.60 bits per heavy atom. The summed E-state index contributed by atoms with van der Waals surface area (Å²) in [7, 11) is 0. The van der Waals surface area contributed by atoms with Gasteiger partial charge in [-0.1, -0.05) is 0 Å². The monoisotopic (exact) mass is 280 g/mol. The molecule has 1 aromatic heterocycles. The number of H-pyrrole nitrogens is 1.